The molecule has 0 spiro atoms. The first-order chi connectivity index (χ1) is 9.92. The summed E-state index contributed by atoms with van der Waals surface area (Å²) in [5.74, 6) is -0.312. The van der Waals surface area contributed by atoms with Gasteiger partial charge in [-0.3, -0.25) is 4.79 Å². The van der Waals surface area contributed by atoms with Gasteiger partial charge in [0.25, 0.3) is 0 Å². The highest BCUT2D eigenvalue weighted by molar-refractivity contribution is 8.01. The highest BCUT2D eigenvalue weighted by Crippen LogP contribution is 2.25. The van der Waals surface area contributed by atoms with Crippen molar-refractivity contribution in [3.8, 4) is 5.75 Å². The van der Waals surface area contributed by atoms with Gasteiger partial charge in [-0.1, -0.05) is 6.07 Å². The Hall–Kier alpha value is -1.67. The van der Waals surface area contributed by atoms with Crippen LogP contribution in [0.5, 0.6) is 5.75 Å². The minimum Gasteiger partial charge on any atom is -0.406 e. The molecule has 1 heterocycles. The van der Waals surface area contributed by atoms with Crippen molar-refractivity contribution in [1.82, 2.24) is 0 Å². The zero-order valence-electron chi connectivity index (χ0n) is 10.5. The molecular formula is C13H10F3NO2S2. The second-order valence-electron chi connectivity index (χ2n) is 3.84. The Balaban J connectivity index is 1.83. The fraction of sp³-hybridized carbons (Fsp3) is 0.154. The van der Waals surface area contributed by atoms with E-state index in [0.717, 1.165) is 16.3 Å². The largest absolute Gasteiger partial charge is 0.573 e. The standard InChI is InChI=1S/C13H10F3NO2S2/c14-13(15,16)19-10-5-3-9(4-6-10)17-11(18)8-21-12-2-1-7-20-12/h1-7H,8H2,(H,17,18). The van der Waals surface area contributed by atoms with E-state index in [4.69, 9.17) is 0 Å². The van der Waals surface area contributed by atoms with Gasteiger partial charge in [-0.25, -0.2) is 0 Å². The van der Waals surface area contributed by atoms with Crippen LogP contribution in [0, 0.1) is 0 Å². The molecule has 0 bridgehead atoms. The molecule has 0 aliphatic heterocycles. The molecular weight excluding hydrogens is 323 g/mol. The van der Waals surface area contributed by atoms with Gasteiger partial charge in [0.2, 0.25) is 5.91 Å². The zero-order chi connectivity index (χ0) is 15.3. The molecule has 1 amide bonds. The number of nitrogens with one attached hydrogen (secondary N) is 1. The summed E-state index contributed by atoms with van der Waals surface area (Å²) in [6.07, 6.45) is -4.72. The number of thioether (sulfide) groups is 1. The first-order valence-electron chi connectivity index (χ1n) is 5.74. The third-order valence-corrected chi connectivity index (χ3v) is 4.34. The Labute approximate surface area is 127 Å². The predicted molar refractivity (Wildman–Crippen MR) is 76.8 cm³/mol. The van der Waals surface area contributed by atoms with Crippen LogP contribution in [-0.2, 0) is 4.79 Å². The van der Waals surface area contributed by atoms with Crippen LogP contribution >= 0.6 is 23.1 Å². The predicted octanol–water partition coefficient (Wildman–Crippen LogP) is 4.38. The number of carbonyl (C=O) groups excluding carboxylic acids is 1. The van der Waals surface area contributed by atoms with E-state index in [-0.39, 0.29) is 17.4 Å². The first-order valence-corrected chi connectivity index (χ1v) is 7.61. The third kappa shape index (κ3) is 5.68. The summed E-state index contributed by atoms with van der Waals surface area (Å²) in [7, 11) is 0. The maximum Gasteiger partial charge on any atom is 0.573 e. The number of benzene rings is 1. The number of hydrogen-bond acceptors (Lipinski definition) is 4. The lowest BCUT2D eigenvalue weighted by atomic mass is 10.3. The lowest BCUT2D eigenvalue weighted by molar-refractivity contribution is -0.274. The van der Waals surface area contributed by atoms with E-state index in [2.05, 4.69) is 10.1 Å². The molecule has 2 rings (SSSR count). The minimum absolute atomic E-state index is 0.224. The Morgan fingerprint density at radius 3 is 2.52 bits per heavy atom. The van der Waals surface area contributed by atoms with Crippen LogP contribution < -0.4 is 10.1 Å². The SMILES string of the molecule is O=C(CSc1cccs1)Nc1ccc(OC(F)(F)F)cc1. The smallest absolute Gasteiger partial charge is 0.406 e. The molecule has 0 saturated heterocycles. The van der Waals surface area contributed by atoms with Crippen LogP contribution in [0.15, 0.2) is 46.0 Å². The quantitative estimate of drug-likeness (QED) is 0.826. The number of hydrogen-bond donors (Lipinski definition) is 1. The highest BCUT2D eigenvalue weighted by Gasteiger charge is 2.30. The van der Waals surface area contributed by atoms with E-state index in [9.17, 15) is 18.0 Å². The van der Waals surface area contributed by atoms with Crippen molar-refractivity contribution in [3.05, 3.63) is 41.8 Å². The average molecular weight is 333 g/mol. The molecule has 0 unspecified atom stereocenters. The van der Waals surface area contributed by atoms with Crippen LogP contribution in [0.3, 0.4) is 0 Å². The average Bonchev–Trinajstić information content (AvgIpc) is 2.90. The summed E-state index contributed by atoms with van der Waals surface area (Å²) in [6.45, 7) is 0. The fourth-order valence-corrected chi connectivity index (χ4v) is 3.00. The molecule has 0 radical (unpaired) electrons. The van der Waals surface area contributed by atoms with Crippen LogP contribution in [0.4, 0.5) is 18.9 Å². The molecule has 2 aromatic rings. The number of amides is 1. The van der Waals surface area contributed by atoms with Gasteiger partial charge >= 0.3 is 6.36 Å². The molecule has 8 heteroatoms. The van der Waals surface area contributed by atoms with Gasteiger partial charge in [0.1, 0.15) is 5.75 Å². The molecule has 21 heavy (non-hydrogen) atoms. The van der Waals surface area contributed by atoms with Crippen LogP contribution in [-0.4, -0.2) is 18.0 Å². The monoisotopic (exact) mass is 333 g/mol. The van der Waals surface area contributed by atoms with E-state index in [0.29, 0.717) is 5.69 Å². The Bertz CT molecular complexity index is 582. The zero-order valence-corrected chi connectivity index (χ0v) is 12.1. The number of rotatable bonds is 5. The molecule has 112 valence electrons. The molecule has 0 aliphatic carbocycles. The lowest BCUT2D eigenvalue weighted by Gasteiger charge is -2.09. The van der Waals surface area contributed by atoms with E-state index in [1.807, 2.05) is 17.5 Å². The van der Waals surface area contributed by atoms with Crippen molar-refractivity contribution >= 4 is 34.7 Å². The molecule has 0 atom stereocenters. The molecule has 0 fully saturated rings. The maximum atomic E-state index is 12.0. The van der Waals surface area contributed by atoms with Crippen molar-refractivity contribution in [2.24, 2.45) is 0 Å². The summed E-state index contributed by atoms with van der Waals surface area (Å²) >= 11 is 2.94. The third-order valence-electron chi connectivity index (χ3n) is 2.21. The number of alkyl halides is 3. The number of halogens is 3. The Morgan fingerprint density at radius 1 is 1.24 bits per heavy atom. The van der Waals surface area contributed by atoms with E-state index in [1.54, 1.807) is 0 Å². The van der Waals surface area contributed by atoms with E-state index >= 15 is 0 Å². The number of anilines is 1. The number of thiophene rings is 1. The second kappa shape index (κ2) is 6.86. The molecule has 0 saturated carbocycles. The van der Waals surface area contributed by atoms with Gasteiger partial charge in [-0.2, -0.15) is 0 Å². The lowest BCUT2D eigenvalue weighted by Crippen LogP contribution is -2.17. The van der Waals surface area contributed by atoms with Crippen molar-refractivity contribution in [1.29, 1.82) is 0 Å². The van der Waals surface area contributed by atoms with Crippen LogP contribution in [0.2, 0.25) is 0 Å². The highest BCUT2D eigenvalue weighted by atomic mass is 32.2. The van der Waals surface area contributed by atoms with Gasteiger partial charge in [0.05, 0.1) is 9.96 Å². The van der Waals surface area contributed by atoms with Gasteiger partial charge in [-0.15, -0.1) is 36.3 Å². The van der Waals surface area contributed by atoms with Gasteiger partial charge in [0, 0.05) is 5.69 Å². The van der Waals surface area contributed by atoms with Crippen molar-refractivity contribution in [2.45, 2.75) is 10.6 Å². The first kappa shape index (κ1) is 15.7. The number of ether oxygens (including phenoxy) is 1. The minimum atomic E-state index is -4.72. The summed E-state index contributed by atoms with van der Waals surface area (Å²) in [5.41, 5.74) is 0.418. The maximum absolute atomic E-state index is 12.0. The van der Waals surface area contributed by atoms with Crippen molar-refractivity contribution < 1.29 is 22.7 Å². The summed E-state index contributed by atoms with van der Waals surface area (Å²) in [6, 6.07) is 8.81. The van der Waals surface area contributed by atoms with Crippen molar-refractivity contribution in [2.75, 3.05) is 11.1 Å². The fourth-order valence-electron chi connectivity index (χ4n) is 1.42. The summed E-state index contributed by atoms with van der Waals surface area (Å²) in [5, 5.41) is 4.52. The molecule has 1 aromatic heterocycles. The summed E-state index contributed by atoms with van der Waals surface area (Å²) in [4.78, 5) is 11.7. The van der Waals surface area contributed by atoms with Gasteiger partial charge in [0.15, 0.2) is 0 Å². The van der Waals surface area contributed by atoms with E-state index < -0.39 is 6.36 Å². The normalized spacial score (nSPS) is 11.2. The number of carbonyl (C=O) groups is 1. The Kier molecular flexibility index (Phi) is 5.13. The van der Waals surface area contributed by atoms with Crippen LogP contribution in [0.1, 0.15) is 0 Å². The van der Waals surface area contributed by atoms with E-state index in [1.165, 1.54) is 35.2 Å². The van der Waals surface area contributed by atoms with Crippen molar-refractivity contribution in [3.63, 3.8) is 0 Å². The second-order valence-corrected chi connectivity index (χ2v) is 6.06. The van der Waals surface area contributed by atoms with Gasteiger partial charge in [-0.05, 0) is 35.7 Å². The Morgan fingerprint density at radius 2 is 1.95 bits per heavy atom. The molecule has 1 aromatic carbocycles. The molecule has 1 N–H and O–H groups in total. The summed E-state index contributed by atoms with van der Waals surface area (Å²) < 4.78 is 40.7. The van der Waals surface area contributed by atoms with Crippen LogP contribution in [0.25, 0.3) is 0 Å². The molecule has 3 nitrogen and oxygen atoms in total. The van der Waals surface area contributed by atoms with Gasteiger partial charge < -0.3 is 10.1 Å². The molecule has 0 aliphatic rings. The topological polar surface area (TPSA) is 38.3 Å².